The van der Waals surface area contributed by atoms with Crippen LogP contribution in [0.3, 0.4) is 0 Å². The summed E-state index contributed by atoms with van der Waals surface area (Å²) in [6.45, 7) is 1.70. The summed E-state index contributed by atoms with van der Waals surface area (Å²) in [6, 6.07) is 4.15. The highest BCUT2D eigenvalue weighted by molar-refractivity contribution is 8.16. The van der Waals surface area contributed by atoms with Crippen molar-refractivity contribution in [3.8, 4) is 0 Å². The molecule has 1 heterocycles. The summed E-state index contributed by atoms with van der Waals surface area (Å²) in [5, 5.41) is 21.1. The molecule has 1 amide bonds. The summed E-state index contributed by atoms with van der Waals surface area (Å²) in [5.74, 6) is -1.81. The van der Waals surface area contributed by atoms with Crippen LogP contribution in [0.25, 0.3) is 0 Å². The number of anilines is 1. The number of benzene rings is 1. The van der Waals surface area contributed by atoms with Crippen LogP contribution >= 0.6 is 11.8 Å². The van der Waals surface area contributed by atoms with Gasteiger partial charge in [-0.2, -0.15) is 0 Å². The molecule has 1 aliphatic heterocycles. The van der Waals surface area contributed by atoms with Crippen LogP contribution in [0.1, 0.15) is 12.0 Å². The van der Waals surface area contributed by atoms with Crippen LogP contribution in [0.4, 0.5) is 11.4 Å². The van der Waals surface area contributed by atoms with Crippen molar-refractivity contribution in [3.63, 3.8) is 0 Å². The summed E-state index contributed by atoms with van der Waals surface area (Å²) < 4.78 is 0. The van der Waals surface area contributed by atoms with Crippen LogP contribution in [-0.2, 0) is 9.59 Å². The first-order chi connectivity index (χ1) is 10.3. The molecule has 2 rings (SSSR count). The van der Waals surface area contributed by atoms with Crippen LogP contribution in [0, 0.1) is 17.0 Å². The van der Waals surface area contributed by atoms with Crippen LogP contribution in [0.2, 0.25) is 0 Å². The summed E-state index contributed by atoms with van der Waals surface area (Å²) in [7, 11) is 1.47. The number of aliphatic imine (C=N–C) groups is 1. The van der Waals surface area contributed by atoms with Gasteiger partial charge in [-0.05, 0) is 12.5 Å². The molecule has 1 atom stereocenters. The molecule has 9 heteroatoms. The highest BCUT2D eigenvalue weighted by Crippen LogP contribution is 2.36. The fourth-order valence-electron chi connectivity index (χ4n) is 2.08. The van der Waals surface area contributed by atoms with E-state index in [1.165, 1.54) is 30.1 Å². The molecule has 0 unspecified atom stereocenters. The summed E-state index contributed by atoms with van der Waals surface area (Å²) in [5.41, 5.74) is 0.820. The summed E-state index contributed by atoms with van der Waals surface area (Å²) in [4.78, 5) is 38.7. The molecule has 1 saturated heterocycles. The Balaban J connectivity index is 2.46. The molecule has 0 spiro atoms. The number of rotatable bonds is 4. The first kappa shape index (κ1) is 16.0. The zero-order valence-electron chi connectivity index (χ0n) is 11.8. The highest BCUT2D eigenvalue weighted by Gasteiger charge is 2.39. The quantitative estimate of drug-likeness (QED) is 0.588. The number of amidine groups is 1. The van der Waals surface area contributed by atoms with Crippen LogP contribution in [0.15, 0.2) is 23.2 Å². The van der Waals surface area contributed by atoms with Crippen molar-refractivity contribution in [2.24, 2.45) is 4.99 Å². The van der Waals surface area contributed by atoms with E-state index in [1.54, 1.807) is 6.92 Å². The van der Waals surface area contributed by atoms with Gasteiger partial charge in [-0.25, -0.2) is 0 Å². The molecule has 0 N–H and O–H groups in total. The summed E-state index contributed by atoms with van der Waals surface area (Å²) >= 11 is 1.01. The number of aliphatic carboxylic acids is 1. The van der Waals surface area contributed by atoms with Gasteiger partial charge >= 0.3 is 0 Å². The molecule has 0 aromatic heterocycles. The van der Waals surface area contributed by atoms with E-state index < -0.39 is 28.5 Å². The topological polar surface area (TPSA) is 116 Å². The number of aryl methyl sites for hydroxylation is 1. The third kappa shape index (κ3) is 2.93. The van der Waals surface area contributed by atoms with E-state index in [0.717, 1.165) is 11.8 Å². The Kier molecular flexibility index (Phi) is 4.45. The lowest BCUT2D eigenvalue weighted by molar-refractivity contribution is -0.384. The van der Waals surface area contributed by atoms with Gasteiger partial charge in [-0.1, -0.05) is 17.8 Å². The van der Waals surface area contributed by atoms with Crippen molar-refractivity contribution in [2.75, 3.05) is 11.9 Å². The molecule has 8 nitrogen and oxygen atoms in total. The molecular weight excluding hydrogens is 310 g/mol. The number of amides is 1. The maximum atomic E-state index is 12.4. The number of thioether (sulfide) groups is 1. The number of carbonyl (C=O) groups is 2. The highest BCUT2D eigenvalue weighted by atomic mass is 32.2. The first-order valence-electron chi connectivity index (χ1n) is 6.27. The molecular formula is C13H12N3O5S-. The van der Waals surface area contributed by atoms with E-state index in [-0.39, 0.29) is 5.69 Å². The predicted molar refractivity (Wildman–Crippen MR) is 79.7 cm³/mol. The zero-order chi connectivity index (χ0) is 16.4. The fraction of sp³-hybridized carbons (Fsp3) is 0.308. The van der Waals surface area contributed by atoms with Gasteiger partial charge in [-0.15, -0.1) is 0 Å². The van der Waals surface area contributed by atoms with Gasteiger partial charge in [0.1, 0.15) is 0 Å². The van der Waals surface area contributed by atoms with Gasteiger partial charge in [0.05, 0.1) is 15.9 Å². The lowest BCUT2D eigenvalue weighted by Gasteiger charge is -2.18. The Labute approximate surface area is 130 Å². The van der Waals surface area contributed by atoms with Crippen molar-refractivity contribution >= 4 is 40.2 Å². The Morgan fingerprint density at radius 2 is 2.18 bits per heavy atom. The number of carbonyl (C=O) groups excluding carboxylic acids is 2. The van der Waals surface area contributed by atoms with E-state index in [4.69, 9.17) is 0 Å². The minimum absolute atomic E-state index is 0.155. The second-order valence-corrected chi connectivity index (χ2v) is 5.76. The molecule has 1 aromatic carbocycles. The number of nitro benzene ring substituents is 1. The Morgan fingerprint density at radius 3 is 2.73 bits per heavy atom. The van der Waals surface area contributed by atoms with Crippen molar-refractivity contribution in [2.45, 2.75) is 18.6 Å². The van der Waals surface area contributed by atoms with Crippen molar-refractivity contribution in [3.05, 3.63) is 33.9 Å². The van der Waals surface area contributed by atoms with Gasteiger partial charge < -0.3 is 9.90 Å². The third-order valence-corrected chi connectivity index (χ3v) is 4.35. The van der Waals surface area contributed by atoms with Crippen molar-refractivity contribution in [1.29, 1.82) is 0 Å². The lowest BCUT2D eigenvalue weighted by Crippen LogP contribution is -2.35. The molecule has 116 valence electrons. The second-order valence-electron chi connectivity index (χ2n) is 4.59. The number of hydrogen-bond donors (Lipinski definition) is 0. The first-order valence-corrected chi connectivity index (χ1v) is 7.15. The number of carboxylic acid groups (broad SMARTS) is 1. The minimum atomic E-state index is -1.33. The largest absolute Gasteiger partial charge is 0.550 e. The molecule has 1 aliphatic rings. The fourth-order valence-corrected chi connectivity index (χ4v) is 3.15. The average Bonchev–Trinajstić information content (AvgIpc) is 2.75. The van der Waals surface area contributed by atoms with Crippen LogP contribution in [0.5, 0.6) is 0 Å². The smallest absolute Gasteiger partial charge is 0.271 e. The van der Waals surface area contributed by atoms with E-state index in [1.807, 2.05) is 0 Å². The maximum Gasteiger partial charge on any atom is 0.271 e. The van der Waals surface area contributed by atoms with Crippen LogP contribution in [-0.4, -0.2) is 34.3 Å². The molecule has 1 aromatic rings. The van der Waals surface area contributed by atoms with E-state index >= 15 is 0 Å². The molecule has 0 saturated carbocycles. The molecule has 0 bridgehead atoms. The minimum Gasteiger partial charge on any atom is -0.550 e. The SMILES string of the molecule is CN=C1S[C@H](CC(=O)[O-])C(=O)N1c1cc([N+](=O)[O-])ccc1C. The van der Waals surface area contributed by atoms with Gasteiger partial charge in [0, 0.05) is 31.6 Å². The van der Waals surface area contributed by atoms with Crippen molar-refractivity contribution < 1.29 is 19.6 Å². The van der Waals surface area contributed by atoms with Gasteiger partial charge in [-0.3, -0.25) is 24.8 Å². The molecule has 22 heavy (non-hydrogen) atoms. The Bertz CT molecular complexity index is 688. The van der Waals surface area contributed by atoms with Gasteiger partial charge in [0.25, 0.3) is 5.69 Å². The normalized spacial score (nSPS) is 19.7. The van der Waals surface area contributed by atoms with Gasteiger partial charge in [0.2, 0.25) is 5.91 Å². The van der Waals surface area contributed by atoms with Crippen molar-refractivity contribution in [1.82, 2.24) is 0 Å². The average molecular weight is 322 g/mol. The number of carboxylic acids is 1. The summed E-state index contributed by atoms with van der Waals surface area (Å²) in [6.07, 6.45) is -0.438. The monoisotopic (exact) mass is 322 g/mol. The zero-order valence-corrected chi connectivity index (χ0v) is 12.6. The second kappa shape index (κ2) is 6.14. The van der Waals surface area contributed by atoms with Gasteiger partial charge in [0.15, 0.2) is 5.17 Å². The molecule has 0 radical (unpaired) electrons. The standard InChI is InChI=1S/C13H13N3O5S/c1-7-3-4-8(16(20)21)5-9(7)15-12(19)10(6-11(17)18)22-13(15)14-2/h3-5,10H,6H2,1-2H3,(H,17,18)/p-1/t10-/m1/s1. The number of nitro groups is 1. The number of nitrogens with zero attached hydrogens (tertiary/aromatic N) is 3. The van der Waals surface area contributed by atoms with E-state index in [0.29, 0.717) is 16.4 Å². The van der Waals surface area contributed by atoms with E-state index in [9.17, 15) is 24.8 Å². The third-order valence-electron chi connectivity index (χ3n) is 3.12. The predicted octanol–water partition coefficient (Wildman–Crippen LogP) is 0.477. The molecule has 0 aliphatic carbocycles. The Morgan fingerprint density at radius 1 is 1.50 bits per heavy atom. The lowest BCUT2D eigenvalue weighted by atomic mass is 10.1. The van der Waals surface area contributed by atoms with Crippen LogP contribution < -0.4 is 10.0 Å². The number of non-ortho nitro benzene ring substituents is 1. The Hall–Kier alpha value is -2.42. The number of hydrogen-bond acceptors (Lipinski definition) is 7. The maximum absolute atomic E-state index is 12.4. The molecule has 1 fully saturated rings. The van der Waals surface area contributed by atoms with E-state index in [2.05, 4.69) is 4.99 Å².